The Balaban J connectivity index is 2.25. The van der Waals surface area contributed by atoms with Gasteiger partial charge >= 0.3 is 5.97 Å². The van der Waals surface area contributed by atoms with Gasteiger partial charge in [-0.1, -0.05) is 0 Å². The van der Waals surface area contributed by atoms with Crippen LogP contribution in [0, 0.1) is 0 Å². The Morgan fingerprint density at radius 1 is 1.44 bits per heavy atom. The minimum absolute atomic E-state index is 0.170. The summed E-state index contributed by atoms with van der Waals surface area (Å²) in [6, 6.07) is 3.38. The number of carbonyl (C=O) groups excluding carboxylic acids is 2. The van der Waals surface area contributed by atoms with E-state index in [0.717, 1.165) is 0 Å². The van der Waals surface area contributed by atoms with Crippen LogP contribution >= 0.6 is 0 Å². The molecule has 3 N–H and O–H groups in total. The van der Waals surface area contributed by atoms with Crippen LogP contribution in [0.1, 0.15) is 19.0 Å². The molecular formula is C12H17N3O3. The second kappa shape index (κ2) is 7.26. The largest absolute Gasteiger partial charge is 0.466 e. The van der Waals surface area contributed by atoms with Crippen LogP contribution < -0.4 is 11.1 Å². The highest BCUT2D eigenvalue weighted by Crippen LogP contribution is 2.01. The van der Waals surface area contributed by atoms with Gasteiger partial charge in [-0.2, -0.15) is 0 Å². The van der Waals surface area contributed by atoms with Gasteiger partial charge in [0.2, 0.25) is 5.91 Å². The van der Waals surface area contributed by atoms with Crippen LogP contribution in [0.25, 0.3) is 0 Å². The molecule has 0 aliphatic heterocycles. The molecule has 1 aromatic rings. The average Bonchev–Trinajstić information content (AvgIpc) is 2.32. The lowest BCUT2D eigenvalue weighted by Crippen LogP contribution is -2.28. The third kappa shape index (κ3) is 5.29. The lowest BCUT2D eigenvalue weighted by atomic mass is 10.2. The van der Waals surface area contributed by atoms with Gasteiger partial charge in [0.1, 0.15) is 0 Å². The molecule has 0 spiro atoms. The van der Waals surface area contributed by atoms with Crippen LogP contribution in [-0.4, -0.2) is 30.0 Å². The number of nitrogens with two attached hydrogens (primary N) is 1. The third-order valence-electron chi connectivity index (χ3n) is 2.15. The summed E-state index contributed by atoms with van der Waals surface area (Å²) in [5.41, 5.74) is 6.68. The van der Waals surface area contributed by atoms with E-state index in [-0.39, 0.29) is 31.3 Å². The van der Waals surface area contributed by atoms with Gasteiger partial charge in [-0.15, -0.1) is 0 Å². The summed E-state index contributed by atoms with van der Waals surface area (Å²) in [5, 5.41) is 2.62. The van der Waals surface area contributed by atoms with Crippen molar-refractivity contribution in [3.05, 3.63) is 24.0 Å². The Labute approximate surface area is 106 Å². The third-order valence-corrected chi connectivity index (χ3v) is 2.15. The van der Waals surface area contributed by atoms with Crippen molar-refractivity contribution in [3.8, 4) is 0 Å². The fourth-order valence-corrected chi connectivity index (χ4v) is 1.30. The van der Waals surface area contributed by atoms with Gasteiger partial charge in [0.05, 0.1) is 31.3 Å². The van der Waals surface area contributed by atoms with Crippen molar-refractivity contribution in [3.63, 3.8) is 0 Å². The standard InChI is InChI=1S/C12H17N3O3/c1-2-18-12(17)5-6-14-11(16)7-10-4-3-9(13)8-15-10/h3-4,8H,2,5-7,13H2,1H3,(H,14,16). The summed E-state index contributed by atoms with van der Waals surface area (Å²) in [6.07, 6.45) is 1.85. The highest BCUT2D eigenvalue weighted by Gasteiger charge is 2.06. The van der Waals surface area contributed by atoms with Crippen LogP contribution in [0.5, 0.6) is 0 Å². The molecule has 0 unspecified atom stereocenters. The topological polar surface area (TPSA) is 94.3 Å². The zero-order valence-corrected chi connectivity index (χ0v) is 10.3. The normalized spacial score (nSPS) is 9.83. The molecule has 18 heavy (non-hydrogen) atoms. The minimum Gasteiger partial charge on any atom is -0.466 e. The van der Waals surface area contributed by atoms with E-state index >= 15 is 0 Å². The quantitative estimate of drug-likeness (QED) is 0.708. The van der Waals surface area contributed by atoms with Gasteiger partial charge in [-0.25, -0.2) is 0 Å². The summed E-state index contributed by atoms with van der Waals surface area (Å²) >= 11 is 0. The van der Waals surface area contributed by atoms with Crippen LogP contribution in [0.3, 0.4) is 0 Å². The van der Waals surface area contributed by atoms with Gasteiger partial charge in [0.25, 0.3) is 0 Å². The number of nitrogen functional groups attached to an aromatic ring is 1. The second-order valence-corrected chi connectivity index (χ2v) is 3.66. The lowest BCUT2D eigenvalue weighted by molar-refractivity contribution is -0.143. The zero-order valence-electron chi connectivity index (χ0n) is 10.3. The molecular weight excluding hydrogens is 234 g/mol. The molecule has 98 valence electrons. The van der Waals surface area contributed by atoms with Gasteiger partial charge in [0.15, 0.2) is 0 Å². The molecule has 1 heterocycles. The van der Waals surface area contributed by atoms with E-state index in [0.29, 0.717) is 18.0 Å². The molecule has 1 amide bonds. The van der Waals surface area contributed by atoms with E-state index < -0.39 is 0 Å². The maximum atomic E-state index is 11.5. The first kappa shape index (κ1) is 14.0. The predicted molar refractivity (Wildman–Crippen MR) is 66.6 cm³/mol. The van der Waals surface area contributed by atoms with E-state index in [1.165, 1.54) is 6.20 Å². The summed E-state index contributed by atoms with van der Waals surface area (Å²) in [5.74, 6) is -0.500. The molecule has 0 aliphatic rings. The van der Waals surface area contributed by atoms with Crippen LogP contribution in [-0.2, 0) is 20.7 Å². The van der Waals surface area contributed by atoms with Gasteiger partial charge < -0.3 is 15.8 Å². The first-order chi connectivity index (χ1) is 8.61. The fourth-order valence-electron chi connectivity index (χ4n) is 1.30. The van der Waals surface area contributed by atoms with Crippen LogP contribution in [0.15, 0.2) is 18.3 Å². The number of hydrogen-bond acceptors (Lipinski definition) is 5. The number of aromatic nitrogens is 1. The van der Waals surface area contributed by atoms with E-state index in [1.807, 2.05) is 0 Å². The number of amides is 1. The average molecular weight is 251 g/mol. The van der Waals surface area contributed by atoms with Crippen molar-refractivity contribution >= 4 is 17.6 Å². The van der Waals surface area contributed by atoms with Gasteiger partial charge in [-0.3, -0.25) is 14.6 Å². The Bertz CT molecular complexity index is 404. The minimum atomic E-state index is -0.316. The Morgan fingerprint density at radius 3 is 2.83 bits per heavy atom. The van der Waals surface area contributed by atoms with Crippen LogP contribution in [0.2, 0.25) is 0 Å². The highest BCUT2D eigenvalue weighted by molar-refractivity contribution is 5.79. The molecule has 0 bridgehead atoms. The first-order valence-corrected chi connectivity index (χ1v) is 5.74. The Morgan fingerprint density at radius 2 is 2.22 bits per heavy atom. The smallest absolute Gasteiger partial charge is 0.307 e. The second-order valence-electron chi connectivity index (χ2n) is 3.66. The Kier molecular flexibility index (Phi) is 5.63. The molecule has 0 aliphatic carbocycles. The van der Waals surface area contributed by atoms with E-state index in [4.69, 9.17) is 10.5 Å². The molecule has 0 radical (unpaired) electrons. The van der Waals surface area contributed by atoms with E-state index in [1.54, 1.807) is 19.1 Å². The van der Waals surface area contributed by atoms with E-state index in [9.17, 15) is 9.59 Å². The summed E-state index contributed by atoms with van der Waals surface area (Å²) in [7, 11) is 0. The summed E-state index contributed by atoms with van der Waals surface area (Å²) in [4.78, 5) is 26.5. The van der Waals surface area contributed by atoms with Crippen LogP contribution in [0.4, 0.5) is 5.69 Å². The van der Waals surface area contributed by atoms with Crippen molar-refractivity contribution in [2.24, 2.45) is 0 Å². The number of carbonyl (C=O) groups is 2. The number of pyridine rings is 1. The molecule has 0 aromatic carbocycles. The predicted octanol–water partition coefficient (Wildman–Crippen LogP) is 0.276. The Hall–Kier alpha value is -2.11. The van der Waals surface area contributed by atoms with Gasteiger partial charge in [-0.05, 0) is 19.1 Å². The number of rotatable bonds is 6. The number of esters is 1. The summed E-state index contributed by atoms with van der Waals surface area (Å²) < 4.78 is 4.74. The summed E-state index contributed by atoms with van der Waals surface area (Å²) in [6.45, 7) is 2.36. The lowest BCUT2D eigenvalue weighted by Gasteiger charge is -2.05. The number of nitrogens with one attached hydrogen (secondary N) is 1. The number of ether oxygens (including phenoxy) is 1. The number of hydrogen-bond donors (Lipinski definition) is 2. The van der Waals surface area contributed by atoms with E-state index in [2.05, 4.69) is 10.3 Å². The van der Waals surface area contributed by atoms with Crippen molar-refractivity contribution < 1.29 is 14.3 Å². The molecule has 1 rings (SSSR count). The molecule has 1 aromatic heterocycles. The van der Waals surface area contributed by atoms with Crippen molar-refractivity contribution in [1.29, 1.82) is 0 Å². The molecule has 0 atom stereocenters. The number of nitrogens with zero attached hydrogens (tertiary/aromatic N) is 1. The number of anilines is 1. The fraction of sp³-hybridized carbons (Fsp3) is 0.417. The zero-order chi connectivity index (χ0) is 13.4. The molecule has 6 nitrogen and oxygen atoms in total. The van der Waals surface area contributed by atoms with Crippen molar-refractivity contribution in [2.45, 2.75) is 19.8 Å². The SMILES string of the molecule is CCOC(=O)CCNC(=O)Cc1ccc(N)cn1. The molecule has 0 fully saturated rings. The van der Waals surface area contributed by atoms with Crippen molar-refractivity contribution in [1.82, 2.24) is 10.3 Å². The highest BCUT2D eigenvalue weighted by atomic mass is 16.5. The molecule has 6 heteroatoms. The van der Waals surface area contributed by atoms with Gasteiger partial charge in [0, 0.05) is 12.2 Å². The first-order valence-electron chi connectivity index (χ1n) is 5.74. The molecule has 0 saturated heterocycles. The maximum Gasteiger partial charge on any atom is 0.307 e. The van der Waals surface area contributed by atoms with Crippen molar-refractivity contribution in [2.75, 3.05) is 18.9 Å². The monoisotopic (exact) mass is 251 g/mol. The molecule has 0 saturated carbocycles. The maximum absolute atomic E-state index is 11.5.